The molecule has 0 bridgehead atoms. The van der Waals surface area contributed by atoms with E-state index >= 15 is 0 Å². The van der Waals surface area contributed by atoms with E-state index in [0.29, 0.717) is 34.2 Å². The second-order valence-electron chi connectivity index (χ2n) is 15.8. The first-order chi connectivity index (χ1) is 37.3. The summed E-state index contributed by atoms with van der Waals surface area (Å²) >= 11 is 0.397. The molecule has 0 fully saturated rings. The van der Waals surface area contributed by atoms with E-state index in [1.54, 1.807) is 72.8 Å². The minimum atomic E-state index is -2.19. The van der Waals surface area contributed by atoms with Crippen LogP contribution in [0, 0.1) is 43.0 Å². The zero-order chi connectivity index (χ0) is 56.9. The van der Waals surface area contributed by atoms with Crippen molar-refractivity contribution < 1.29 is 136 Å². The molecule has 0 saturated heterocycles. The van der Waals surface area contributed by atoms with Gasteiger partial charge in [-0.3, -0.25) is 39.9 Å². The summed E-state index contributed by atoms with van der Waals surface area (Å²) in [5.41, 5.74) is -5.47. The van der Waals surface area contributed by atoms with Gasteiger partial charge >= 0.3 is 70.4 Å². The summed E-state index contributed by atoms with van der Waals surface area (Å²) in [5, 5.41) is 86.8. The number of carboxylic acids is 6. The fourth-order valence-corrected chi connectivity index (χ4v) is 7.49. The van der Waals surface area contributed by atoms with E-state index in [1.807, 2.05) is 0 Å². The van der Waals surface area contributed by atoms with E-state index in [4.69, 9.17) is 10.5 Å². The number of rotatable bonds is 14. The quantitative estimate of drug-likeness (QED) is 0.0523. The number of aliphatic carboxylic acids is 6. The number of thiocyanates is 2. The van der Waals surface area contributed by atoms with Crippen LogP contribution in [0.1, 0.15) is 48.5 Å². The van der Waals surface area contributed by atoms with Crippen molar-refractivity contribution in [3.63, 3.8) is 0 Å². The summed E-state index contributed by atoms with van der Waals surface area (Å²) < 4.78 is 9.10. The molecule has 0 aromatic carbocycles. The molecule has 0 N–H and O–H groups in total. The Kier molecular flexibility index (Phi) is 27.1. The molecule has 0 aliphatic carbocycles. The summed E-state index contributed by atoms with van der Waals surface area (Å²) in [4.78, 5) is 123. The summed E-state index contributed by atoms with van der Waals surface area (Å²) in [6.45, 7) is 0. The van der Waals surface area contributed by atoms with Gasteiger partial charge in [0.25, 0.3) is 0 Å². The van der Waals surface area contributed by atoms with Crippen molar-refractivity contribution in [2.24, 2.45) is 41.6 Å². The largest absolute Gasteiger partial charge is 2.00 e. The second-order valence-corrected chi connectivity index (χ2v) is 16.9. The predicted octanol–water partition coefficient (Wildman–Crippen LogP) is -3.07. The summed E-state index contributed by atoms with van der Waals surface area (Å²) in [5.74, 6) is -12.3. The van der Waals surface area contributed by atoms with Gasteiger partial charge in [-0.25, -0.2) is 9.59 Å². The van der Waals surface area contributed by atoms with Crippen LogP contribution in [0.25, 0.3) is 0 Å². The Morgan fingerprint density at radius 1 is 0.395 bits per heavy atom. The minimum Gasteiger partial charge on any atom is -0.549 e. The summed E-state index contributed by atoms with van der Waals surface area (Å²) in [7, 11) is 0. The average molecular weight is 1400 g/mol. The van der Waals surface area contributed by atoms with Crippen molar-refractivity contribution in [3.8, 4) is 10.8 Å². The number of hydrogen-bond acceptors (Lipinski definition) is 28. The van der Waals surface area contributed by atoms with Gasteiger partial charge in [-0.1, -0.05) is 24.3 Å². The molecule has 4 aliphatic rings. The van der Waals surface area contributed by atoms with E-state index in [2.05, 4.69) is 48.3 Å². The Morgan fingerprint density at radius 2 is 0.617 bits per heavy atom. The van der Waals surface area contributed by atoms with Gasteiger partial charge in [0.2, 0.25) is 0 Å². The normalized spacial score (nSPS) is 18.0. The summed E-state index contributed by atoms with van der Waals surface area (Å²) in [6.07, 6.45) is 13.6. The fraction of sp³-hybridized carbons (Fsp3) is 0.160. The van der Waals surface area contributed by atoms with Gasteiger partial charge in [-0.15, -0.1) is 0 Å². The smallest absolute Gasteiger partial charge is 0.549 e. The molecule has 31 heteroatoms. The maximum absolute atomic E-state index is 12.0. The fourth-order valence-electron chi connectivity index (χ4n) is 6.97. The third kappa shape index (κ3) is 16.8. The van der Waals surface area contributed by atoms with Crippen molar-refractivity contribution in [1.82, 2.24) is 19.9 Å². The SMILES string of the molecule is N#CSOC(=O)C1(C(=O)[O-])C=CN=C(c2ccccn2)C1.N#CSOC(=O)C1(C(=O)[O-])C=CN=C(c2ccccn2)C1.O=C([O-])C1(C(=O)[O-])C=CN=C(c2ccccn2)C1.O=C([O-])C1(C(=O)[O-])C=CN=C(c2ccccn2)C1.[Ru+2].[Ru+2].[Ru+2]. The zero-order valence-corrected chi connectivity index (χ0v) is 47.4. The maximum Gasteiger partial charge on any atom is 2.00 e. The predicted molar refractivity (Wildman–Crippen MR) is 256 cm³/mol. The monoisotopic (exact) mass is 1400 g/mol. The Bertz CT molecular complexity index is 3080. The third-order valence-corrected chi connectivity index (χ3v) is 11.8. The van der Waals surface area contributed by atoms with E-state index in [9.17, 15) is 69.0 Å². The molecule has 414 valence electrons. The molecule has 0 radical (unpaired) electrons. The van der Waals surface area contributed by atoms with Crippen LogP contribution in [0.5, 0.6) is 0 Å². The standard InChI is InChI=1S/2C13H9N3O4S.2C12H10N2O4.3Ru/c2*14-8-21-20-12(19)13(11(17)18)4-6-16-10(7-13)9-3-1-2-5-15-9;2*15-10(16)12(11(17)18)4-6-14-9(7-12)8-3-1-2-5-13-8;;;/h2*1-6H,7H2,(H,17,18);2*1-6H,7H2,(H,15,16)(H,17,18);;;/q;;;;3*+2/p-6. The molecule has 2 atom stereocenters. The molecule has 26 nitrogen and oxygen atoms in total. The third-order valence-electron chi connectivity index (χ3n) is 11.2. The van der Waals surface area contributed by atoms with Crippen LogP contribution < -0.4 is 30.6 Å². The van der Waals surface area contributed by atoms with Crippen molar-refractivity contribution in [1.29, 1.82) is 10.5 Å². The number of aliphatic imine (C=N–C) groups is 4. The van der Waals surface area contributed by atoms with Crippen LogP contribution in [0.2, 0.25) is 0 Å². The van der Waals surface area contributed by atoms with Crippen LogP contribution in [0.4, 0.5) is 0 Å². The molecule has 4 aromatic rings. The first kappa shape index (κ1) is 68.7. The van der Waals surface area contributed by atoms with Gasteiger partial charge < -0.3 is 67.8 Å². The van der Waals surface area contributed by atoms with E-state index in [1.165, 1.54) is 48.0 Å². The number of nitrogens with zero attached hydrogens (tertiary/aromatic N) is 10. The maximum atomic E-state index is 12.0. The number of pyridine rings is 4. The molecular formula is C50H32N10O16Ru3S2. The first-order valence-corrected chi connectivity index (χ1v) is 23.3. The second kappa shape index (κ2) is 32.0. The van der Waals surface area contributed by atoms with Gasteiger partial charge in [-0.2, -0.15) is 10.5 Å². The number of hydrogen-bond donors (Lipinski definition) is 0. The van der Waals surface area contributed by atoms with Crippen molar-refractivity contribution in [3.05, 3.63) is 169 Å². The van der Waals surface area contributed by atoms with Crippen LogP contribution in [-0.4, -0.2) is 90.5 Å². The van der Waals surface area contributed by atoms with E-state index in [-0.39, 0.29) is 120 Å². The average Bonchev–Trinajstić information content (AvgIpc) is 3.47. The van der Waals surface area contributed by atoms with Gasteiger partial charge in [0.1, 0.15) is 10.8 Å². The van der Waals surface area contributed by atoms with Crippen molar-refractivity contribution >= 4 is 94.7 Å². The van der Waals surface area contributed by atoms with E-state index in [0.717, 1.165) is 36.7 Å². The molecule has 0 saturated carbocycles. The zero-order valence-electron chi connectivity index (χ0n) is 40.6. The molecule has 81 heavy (non-hydrogen) atoms. The van der Waals surface area contributed by atoms with Gasteiger partial charge in [-0.05, 0) is 72.8 Å². The molecule has 0 spiro atoms. The van der Waals surface area contributed by atoms with Crippen LogP contribution in [-0.2, 0) is 105 Å². The molecule has 4 aromatic heterocycles. The van der Waals surface area contributed by atoms with Crippen molar-refractivity contribution in [2.75, 3.05) is 0 Å². The Balaban J connectivity index is 0.000000365. The first-order valence-electron chi connectivity index (χ1n) is 21.8. The summed E-state index contributed by atoms with van der Waals surface area (Å²) in [6, 6.07) is 20.1. The molecule has 8 heterocycles. The van der Waals surface area contributed by atoms with Gasteiger partial charge in [0.05, 0.1) is 92.3 Å². The number of aromatic nitrogens is 4. The minimum absolute atomic E-state index is 0. The van der Waals surface area contributed by atoms with Crippen LogP contribution in [0.3, 0.4) is 0 Å². The van der Waals surface area contributed by atoms with Gasteiger partial charge in [0, 0.05) is 75.3 Å². The number of carbonyl (C=O) groups is 8. The topological polar surface area (TPSA) is 442 Å². The van der Waals surface area contributed by atoms with Crippen molar-refractivity contribution in [2.45, 2.75) is 25.7 Å². The number of carboxylic acid groups (broad SMARTS) is 6. The molecule has 8 rings (SSSR count). The number of carbonyl (C=O) groups excluding carboxylic acids is 8. The van der Waals surface area contributed by atoms with Crippen LogP contribution in [0.15, 0.2) is 167 Å². The molecular weight excluding hydrogens is 1360 g/mol. The molecule has 4 aliphatic heterocycles. The Labute approximate surface area is 505 Å². The van der Waals surface area contributed by atoms with Gasteiger partial charge in [0.15, 0.2) is 34.9 Å². The molecule has 2 unspecified atom stereocenters. The number of nitriles is 2. The molecule has 0 amide bonds. The van der Waals surface area contributed by atoms with Crippen LogP contribution >= 0.6 is 24.1 Å². The van der Waals surface area contributed by atoms with E-state index < -0.39 is 69.4 Å². The Morgan fingerprint density at radius 3 is 0.815 bits per heavy atom. The Hall–Kier alpha value is -8.45.